The second kappa shape index (κ2) is 7.65. The van der Waals surface area contributed by atoms with Gasteiger partial charge in [-0.25, -0.2) is 13.2 Å². The number of nitrogens with zero attached hydrogens (tertiary/aromatic N) is 2. The summed E-state index contributed by atoms with van der Waals surface area (Å²) in [5.41, 5.74) is 0.622. The van der Waals surface area contributed by atoms with E-state index in [1.54, 1.807) is 12.4 Å². The molecule has 1 aromatic heterocycles. The Balaban J connectivity index is 1.74. The fraction of sp³-hybridized carbons (Fsp3) is 0.333. The standard InChI is InChI=1S/C18H18F3N3O/c19-13-8-15(21)16(9-14(13)20)23-18(25)17-5-1-2-7-24(17)11-12-4-3-6-22-10-12/h3-4,6,8-10,17H,1-2,5,7,11H2,(H,23,25)/t17-/m1/s1. The highest BCUT2D eigenvalue weighted by Crippen LogP contribution is 2.23. The molecule has 1 aliphatic heterocycles. The Morgan fingerprint density at radius 1 is 1.20 bits per heavy atom. The van der Waals surface area contributed by atoms with E-state index in [1.807, 2.05) is 17.0 Å². The van der Waals surface area contributed by atoms with Gasteiger partial charge in [-0.05, 0) is 31.0 Å². The number of halogens is 3. The highest BCUT2D eigenvalue weighted by Gasteiger charge is 2.29. The minimum atomic E-state index is -1.29. The first kappa shape index (κ1) is 17.4. The summed E-state index contributed by atoms with van der Waals surface area (Å²) in [6.07, 6.45) is 5.87. The van der Waals surface area contributed by atoms with Crippen molar-refractivity contribution in [2.24, 2.45) is 0 Å². The number of carbonyl (C=O) groups excluding carboxylic acids is 1. The molecule has 3 rings (SSSR count). The molecule has 25 heavy (non-hydrogen) atoms. The molecule has 132 valence electrons. The zero-order chi connectivity index (χ0) is 17.8. The lowest BCUT2D eigenvalue weighted by Crippen LogP contribution is -2.46. The van der Waals surface area contributed by atoms with Crippen molar-refractivity contribution >= 4 is 11.6 Å². The Labute approximate surface area is 143 Å². The van der Waals surface area contributed by atoms with Crippen LogP contribution in [-0.2, 0) is 11.3 Å². The quantitative estimate of drug-likeness (QED) is 0.860. The maximum Gasteiger partial charge on any atom is 0.241 e. The highest BCUT2D eigenvalue weighted by molar-refractivity contribution is 5.95. The lowest BCUT2D eigenvalue weighted by molar-refractivity contribution is -0.122. The Morgan fingerprint density at radius 2 is 2.00 bits per heavy atom. The van der Waals surface area contributed by atoms with Gasteiger partial charge >= 0.3 is 0 Å². The van der Waals surface area contributed by atoms with Gasteiger partial charge in [-0.2, -0.15) is 0 Å². The average Bonchev–Trinajstić information content (AvgIpc) is 2.61. The lowest BCUT2D eigenvalue weighted by Gasteiger charge is -2.34. The minimum Gasteiger partial charge on any atom is -0.322 e. The van der Waals surface area contributed by atoms with Crippen molar-refractivity contribution in [3.05, 3.63) is 59.7 Å². The molecule has 0 spiro atoms. The first-order chi connectivity index (χ1) is 12.0. The Kier molecular flexibility index (Phi) is 5.33. The van der Waals surface area contributed by atoms with Gasteiger partial charge in [-0.3, -0.25) is 14.7 Å². The second-order valence-electron chi connectivity index (χ2n) is 6.08. The Bertz CT molecular complexity index is 755. The zero-order valence-corrected chi connectivity index (χ0v) is 13.5. The molecule has 7 heteroatoms. The molecule has 2 heterocycles. The van der Waals surface area contributed by atoms with Gasteiger partial charge in [0.2, 0.25) is 5.91 Å². The van der Waals surface area contributed by atoms with Gasteiger partial charge < -0.3 is 5.32 Å². The molecule has 0 radical (unpaired) electrons. The number of carbonyl (C=O) groups is 1. The molecule has 0 saturated carbocycles. The Morgan fingerprint density at radius 3 is 2.76 bits per heavy atom. The molecule has 1 atom stereocenters. The van der Waals surface area contributed by atoms with Crippen LogP contribution in [0.4, 0.5) is 18.9 Å². The number of rotatable bonds is 4. The summed E-state index contributed by atoms with van der Waals surface area (Å²) in [6, 6.07) is 4.38. The second-order valence-corrected chi connectivity index (χ2v) is 6.08. The van der Waals surface area contributed by atoms with Crippen molar-refractivity contribution in [1.82, 2.24) is 9.88 Å². The van der Waals surface area contributed by atoms with Crippen LogP contribution in [0, 0.1) is 17.5 Å². The summed E-state index contributed by atoms with van der Waals surface area (Å²) in [4.78, 5) is 18.6. The fourth-order valence-electron chi connectivity index (χ4n) is 3.04. The molecule has 1 saturated heterocycles. The number of pyridine rings is 1. The molecule has 0 bridgehead atoms. The van der Waals surface area contributed by atoms with Crippen LogP contribution in [-0.4, -0.2) is 28.4 Å². The maximum absolute atomic E-state index is 13.8. The van der Waals surface area contributed by atoms with Gasteiger partial charge in [-0.15, -0.1) is 0 Å². The van der Waals surface area contributed by atoms with E-state index in [1.165, 1.54) is 0 Å². The number of benzene rings is 1. The molecule has 1 amide bonds. The van der Waals surface area contributed by atoms with Crippen LogP contribution >= 0.6 is 0 Å². The van der Waals surface area contributed by atoms with E-state index < -0.39 is 29.4 Å². The molecular formula is C18H18F3N3O. The summed E-state index contributed by atoms with van der Waals surface area (Å²) in [7, 11) is 0. The lowest BCUT2D eigenvalue weighted by atomic mass is 10.0. The first-order valence-electron chi connectivity index (χ1n) is 8.13. The number of aromatic nitrogens is 1. The van der Waals surface area contributed by atoms with Crippen LogP contribution < -0.4 is 5.32 Å². The Hall–Kier alpha value is -2.41. The summed E-state index contributed by atoms with van der Waals surface area (Å²) >= 11 is 0. The predicted molar refractivity (Wildman–Crippen MR) is 87.2 cm³/mol. The van der Waals surface area contributed by atoms with Crippen LogP contribution in [0.1, 0.15) is 24.8 Å². The van der Waals surface area contributed by atoms with Crippen molar-refractivity contribution < 1.29 is 18.0 Å². The smallest absolute Gasteiger partial charge is 0.241 e. The van der Waals surface area contributed by atoms with E-state index in [0.29, 0.717) is 25.1 Å². The van der Waals surface area contributed by atoms with E-state index in [-0.39, 0.29) is 5.69 Å². The van der Waals surface area contributed by atoms with Crippen LogP contribution in [0.2, 0.25) is 0 Å². The highest BCUT2D eigenvalue weighted by atomic mass is 19.2. The van der Waals surface area contributed by atoms with Crippen LogP contribution in [0.15, 0.2) is 36.7 Å². The van der Waals surface area contributed by atoms with Gasteiger partial charge in [0.1, 0.15) is 5.82 Å². The van der Waals surface area contributed by atoms with Crippen molar-refractivity contribution in [2.75, 3.05) is 11.9 Å². The van der Waals surface area contributed by atoms with Crippen molar-refractivity contribution in [3.63, 3.8) is 0 Å². The monoisotopic (exact) mass is 349 g/mol. The molecule has 4 nitrogen and oxygen atoms in total. The molecule has 0 aliphatic carbocycles. The zero-order valence-electron chi connectivity index (χ0n) is 13.5. The molecule has 1 aliphatic rings. The molecule has 0 unspecified atom stereocenters. The topological polar surface area (TPSA) is 45.2 Å². The largest absolute Gasteiger partial charge is 0.322 e. The third kappa shape index (κ3) is 4.17. The van der Waals surface area contributed by atoms with Gasteiger partial charge in [0, 0.05) is 31.1 Å². The molecular weight excluding hydrogens is 331 g/mol. The number of nitrogens with one attached hydrogen (secondary N) is 1. The minimum absolute atomic E-state index is 0.351. The third-order valence-corrected chi connectivity index (χ3v) is 4.29. The molecule has 1 N–H and O–H groups in total. The van der Waals surface area contributed by atoms with Crippen LogP contribution in [0.5, 0.6) is 0 Å². The van der Waals surface area contributed by atoms with E-state index in [0.717, 1.165) is 24.9 Å². The third-order valence-electron chi connectivity index (χ3n) is 4.29. The summed E-state index contributed by atoms with van der Waals surface area (Å²) < 4.78 is 40.1. The van der Waals surface area contributed by atoms with Crippen LogP contribution in [0.25, 0.3) is 0 Å². The number of piperidine rings is 1. The average molecular weight is 349 g/mol. The number of anilines is 1. The van der Waals surface area contributed by atoms with Crippen LogP contribution in [0.3, 0.4) is 0 Å². The molecule has 1 fully saturated rings. The number of amides is 1. The van der Waals surface area contributed by atoms with E-state index in [9.17, 15) is 18.0 Å². The van der Waals surface area contributed by atoms with Crippen molar-refractivity contribution in [2.45, 2.75) is 31.8 Å². The molecule has 2 aromatic rings. The number of likely N-dealkylation sites (tertiary alicyclic amines) is 1. The van der Waals surface area contributed by atoms with E-state index in [2.05, 4.69) is 10.3 Å². The number of hydrogen-bond donors (Lipinski definition) is 1. The SMILES string of the molecule is O=C(Nc1cc(F)c(F)cc1F)[C@H]1CCCCN1Cc1cccnc1. The van der Waals surface area contributed by atoms with Crippen molar-refractivity contribution in [1.29, 1.82) is 0 Å². The maximum atomic E-state index is 13.8. The summed E-state index contributed by atoms with van der Waals surface area (Å²) in [5.74, 6) is -3.91. The summed E-state index contributed by atoms with van der Waals surface area (Å²) in [6.45, 7) is 1.28. The van der Waals surface area contributed by atoms with Gasteiger partial charge in [0.05, 0.1) is 11.7 Å². The number of hydrogen-bond acceptors (Lipinski definition) is 3. The van der Waals surface area contributed by atoms with Gasteiger partial charge in [0.25, 0.3) is 0 Å². The van der Waals surface area contributed by atoms with E-state index >= 15 is 0 Å². The predicted octanol–water partition coefficient (Wildman–Crippen LogP) is 3.49. The molecule has 1 aromatic carbocycles. The van der Waals surface area contributed by atoms with Crippen molar-refractivity contribution in [3.8, 4) is 0 Å². The van der Waals surface area contributed by atoms with E-state index in [4.69, 9.17) is 0 Å². The summed E-state index contributed by atoms with van der Waals surface area (Å²) in [5, 5.41) is 2.39. The normalized spacial score (nSPS) is 18.1. The van der Waals surface area contributed by atoms with Gasteiger partial charge in [-0.1, -0.05) is 12.5 Å². The fourth-order valence-corrected chi connectivity index (χ4v) is 3.04. The first-order valence-corrected chi connectivity index (χ1v) is 8.13. The van der Waals surface area contributed by atoms with Gasteiger partial charge in [0.15, 0.2) is 11.6 Å².